The molecule has 1 aromatic rings. The van der Waals surface area contributed by atoms with E-state index in [1.165, 1.54) is 6.26 Å². The molecule has 0 spiro atoms. The van der Waals surface area contributed by atoms with Gasteiger partial charge in [0.05, 0.1) is 6.20 Å². The third-order valence-electron chi connectivity index (χ3n) is 1.54. The van der Waals surface area contributed by atoms with Crippen LogP contribution in [0.5, 0.6) is 0 Å². The van der Waals surface area contributed by atoms with E-state index in [-0.39, 0.29) is 0 Å². The van der Waals surface area contributed by atoms with Gasteiger partial charge in [0.25, 0.3) is 0 Å². The number of hydrogen-bond acceptors (Lipinski definition) is 3. The number of hydroxylamine groups is 1. The molecule has 1 heterocycles. The quantitative estimate of drug-likeness (QED) is 0.674. The lowest BCUT2D eigenvalue weighted by atomic mass is 10.2. The molecule has 1 aromatic carbocycles. The summed E-state index contributed by atoms with van der Waals surface area (Å²) in [5.41, 5.74) is 3.71. The highest BCUT2D eigenvalue weighted by molar-refractivity contribution is 5.98. The Bertz CT molecular complexity index is 317. The lowest BCUT2D eigenvalue weighted by Gasteiger charge is -2.09. The average molecular weight is 160 g/mol. The molecule has 0 unspecified atom stereocenters. The van der Waals surface area contributed by atoms with E-state index in [1.54, 1.807) is 6.20 Å². The van der Waals surface area contributed by atoms with E-state index in [0.717, 1.165) is 11.4 Å². The lowest BCUT2D eigenvalue weighted by molar-refractivity contribution is 0.189. The van der Waals surface area contributed by atoms with Crippen LogP contribution in [0.4, 0.5) is 0 Å². The van der Waals surface area contributed by atoms with E-state index in [1.807, 2.05) is 30.3 Å². The van der Waals surface area contributed by atoms with Crippen molar-refractivity contribution in [3.63, 3.8) is 0 Å². The predicted octanol–water partition coefficient (Wildman–Crippen LogP) is 1.44. The fraction of sp³-hybridized carbons (Fsp3) is 0. The zero-order valence-electron chi connectivity index (χ0n) is 6.40. The largest absolute Gasteiger partial charge is 0.387 e. The zero-order valence-corrected chi connectivity index (χ0v) is 6.40. The number of benzene rings is 1. The number of rotatable bonds is 1. The van der Waals surface area contributed by atoms with E-state index in [2.05, 4.69) is 10.5 Å². The van der Waals surface area contributed by atoms with Crippen molar-refractivity contribution in [2.45, 2.75) is 0 Å². The van der Waals surface area contributed by atoms with Crippen molar-refractivity contribution in [1.82, 2.24) is 5.48 Å². The van der Waals surface area contributed by atoms with E-state index in [9.17, 15) is 0 Å². The van der Waals surface area contributed by atoms with Crippen LogP contribution >= 0.6 is 0 Å². The van der Waals surface area contributed by atoms with Crippen molar-refractivity contribution in [3.8, 4) is 0 Å². The Labute approximate surface area is 70.3 Å². The van der Waals surface area contributed by atoms with Gasteiger partial charge < -0.3 is 4.84 Å². The van der Waals surface area contributed by atoms with Gasteiger partial charge in [0.1, 0.15) is 6.26 Å². The molecule has 1 aliphatic heterocycles. The summed E-state index contributed by atoms with van der Waals surface area (Å²) in [6.07, 6.45) is 3.10. The number of amidine groups is 1. The molecule has 3 nitrogen and oxygen atoms in total. The standard InChI is InChI=1S/C9H8N2O/c1-2-4-8(5-3-1)9-10-6-7-12-11-9/h1-7H,(H,10,11). The topological polar surface area (TPSA) is 33.6 Å². The number of aliphatic imine (C=N–C) groups is 1. The molecule has 1 N–H and O–H groups in total. The van der Waals surface area contributed by atoms with E-state index >= 15 is 0 Å². The first-order chi connectivity index (χ1) is 5.97. The third kappa shape index (κ3) is 1.29. The first-order valence-corrected chi connectivity index (χ1v) is 3.67. The SMILES string of the molecule is C1=CONC(c2ccccc2)=N1. The Morgan fingerprint density at radius 2 is 2.00 bits per heavy atom. The Kier molecular flexibility index (Phi) is 1.78. The first-order valence-electron chi connectivity index (χ1n) is 3.67. The summed E-state index contributed by atoms with van der Waals surface area (Å²) in [7, 11) is 0. The van der Waals surface area contributed by atoms with Crippen molar-refractivity contribution in [1.29, 1.82) is 0 Å². The average Bonchev–Trinajstić information content (AvgIpc) is 2.21. The minimum Gasteiger partial charge on any atom is -0.387 e. The molecule has 0 fully saturated rings. The fourth-order valence-corrected chi connectivity index (χ4v) is 0.981. The van der Waals surface area contributed by atoms with E-state index in [0.29, 0.717) is 0 Å². The molecule has 0 saturated carbocycles. The molecule has 60 valence electrons. The van der Waals surface area contributed by atoms with Crippen LogP contribution in [0.1, 0.15) is 5.56 Å². The number of nitrogens with one attached hydrogen (secondary N) is 1. The summed E-state index contributed by atoms with van der Waals surface area (Å²) in [4.78, 5) is 8.97. The molecule has 0 aromatic heterocycles. The maximum absolute atomic E-state index is 4.88. The first kappa shape index (κ1) is 6.91. The van der Waals surface area contributed by atoms with Gasteiger partial charge in [-0.25, -0.2) is 10.5 Å². The predicted molar refractivity (Wildman–Crippen MR) is 46.3 cm³/mol. The second kappa shape index (κ2) is 3.09. The summed E-state index contributed by atoms with van der Waals surface area (Å²) in [6, 6.07) is 9.81. The van der Waals surface area contributed by atoms with Gasteiger partial charge in [-0.15, -0.1) is 0 Å². The van der Waals surface area contributed by atoms with Crippen molar-refractivity contribution < 1.29 is 4.84 Å². The van der Waals surface area contributed by atoms with Crippen LogP contribution in [0, 0.1) is 0 Å². The summed E-state index contributed by atoms with van der Waals surface area (Å²) < 4.78 is 0. The Morgan fingerprint density at radius 3 is 2.67 bits per heavy atom. The minimum absolute atomic E-state index is 0.734. The normalized spacial score (nSPS) is 14.5. The summed E-state index contributed by atoms with van der Waals surface area (Å²) in [6.45, 7) is 0. The van der Waals surface area contributed by atoms with Gasteiger partial charge in [-0.3, -0.25) is 0 Å². The molecular formula is C9H8N2O. The zero-order chi connectivity index (χ0) is 8.23. The number of hydrogen-bond donors (Lipinski definition) is 1. The van der Waals surface area contributed by atoms with Gasteiger partial charge >= 0.3 is 0 Å². The van der Waals surface area contributed by atoms with E-state index in [4.69, 9.17) is 4.84 Å². The summed E-state index contributed by atoms with van der Waals surface area (Å²) >= 11 is 0. The molecule has 0 aliphatic carbocycles. The molecule has 0 atom stereocenters. The third-order valence-corrected chi connectivity index (χ3v) is 1.54. The van der Waals surface area contributed by atoms with Gasteiger partial charge in [0.15, 0.2) is 5.84 Å². The minimum atomic E-state index is 0.734. The van der Waals surface area contributed by atoms with Crippen LogP contribution in [0.3, 0.4) is 0 Å². The molecule has 1 aliphatic rings. The van der Waals surface area contributed by atoms with Gasteiger partial charge in [0, 0.05) is 5.56 Å². The van der Waals surface area contributed by atoms with E-state index < -0.39 is 0 Å². The van der Waals surface area contributed by atoms with Crippen LogP contribution in [-0.4, -0.2) is 5.84 Å². The van der Waals surface area contributed by atoms with Crippen LogP contribution < -0.4 is 5.48 Å². The Hall–Kier alpha value is -1.77. The van der Waals surface area contributed by atoms with Crippen molar-refractivity contribution in [3.05, 3.63) is 48.4 Å². The molecule has 0 amide bonds. The molecule has 0 radical (unpaired) electrons. The fourth-order valence-electron chi connectivity index (χ4n) is 0.981. The highest BCUT2D eigenvalue weighted by Gasteiger charge is 2.02. The van der Waals surface area contributed by atoms with Gasteiger partial charge in [-0.2, -0.15) is 0 Å². The van der Waals surface area contributed by atoms with Crippen LogP contribution in [0.2, 0.25) is 0 Å². The van der Waals surface area contributed by atoms with Gasteiger partial charge in [-0.05, 0) is 0 Å². The molecule has 2 rings (SSSR count). The summed E-state index contributed by atoms with van der Waals surface area (Å²) in [5, 5.41) is 0. The van der Waals surface area contributed by atoms with Crippen molar-refractivity contribution in [2.24, 2.45) is 4.99 Å². The second-order valence-electron chi connectivity index (χ2n) is 2.35. The monoisotopic (exact) mass is 160 g/mol. The summed E-state index contributed by atoms with van der Waals surface area (Å²) in [5.74, 6) is 0.734. The van der Waals surface area contributed by atoms with Crippen molar-refractivity contribution >= 4 is 5.84 Å². The van der Waals surface area contributed by atoms with Crippen LogP contribution in [0.25, 0.3) is 0 Å². The molecular weight excluding hydrogens is 152 g/mol. The van der Waals surface area contributed by atoms with Crippen LogP contribution in [0.15, 0.2) is 47.8 Å². The maximum atomic E-state index is 4.88. The smallest absolute Gasteiger partial charge is 0.167 e. The van der Waals surface area contributed by atoms with Crippen molar-refractivity contribution in [2.75, 3.05) is 0 Å². The Morgan fingerprint density at radius 1 is 1.17 bits per heavy atom. The Balaban J connectivity index is 2.31. The maximum Gasteiger partial charge on any atom is 0.167 e. The highest BCUT2D eigenvalue weighted by atomic mass is 16.6. The van der Waals surface area contributed by atoms with Crippen LogP contribution in [-0.2, 0) is 4.84 Å². The molecule has 12 heavy (non-hydrogen) atoms. The number of nitrogens with zero attached hydrogens (tertiary/aromatic N) is 1. The molecule has 3 heteroatoms. The van der Waals surface area contributed by atoms with Gasteiger partial charge in [0.2, 0.25) is 0 Å². The molecule has 0 bridgehead atoms. The lowest BCUT2D eigenvalue weighted by Crippen LogP contribution is -2.24. The molecule has 0 saturated heterocycles. The highest BCUT2D eigenvalue weighted by Crippen LogP contribution is 2.01. The van der Waals surface area contributed by atoms with Gasteiger partial charge in [-0.1, -0.05) is 30.3 Å². The second-order valence-corrected chi connectivity index (χ2v) is 2.35.